The number of benzene rings is 1. The molecule has 9 nitrogen and oxygen atoms in total. The number of nitrogens with one attached hydrogen (secondary N) is 1. The van der Waals surface area contributed by atoms with Crippen molar-refractivity contribution in [2.75, 3.05) is 20.3 Å². The van der Waals surface area contributed by atoms with Gasteiger partial charge >= 0.3 is 0 Å². The number of ether oxygens (including phenoxy) is 2. The fourth-order valence-corrected chi connectivity index (χ4v) is 6.09. The second-order valence-corrected chi connectivity index (χ2v) is 10.3. The molecule has 2 amide bonds. The molecule has 1 aromatic carbocycles. The van der Waals surface area contributed by atoms with Crippen molar-refractivity contribution in [1.82, 2.24) is 10.2 Å². The normalized spacial score (nSPS) is 24.8. The molecular weight excluding hydrogens is 488 g/mol. The summed E-state index contributed by atoms with van der Waals surface area (Å²) in [7, 11) is 1.50. The lowest BCUT2D eigenvalue weighted by Crippen LogP contribution is -2.58. The average Bonchev–Trinajstić information content (AvgIpc) is 3.11. The molecular formula is C29H40N2O7. The minimum Gasteiger partial charge on any atom is -0.493 e. The Morgan fingerprint density at radius 3 is 2.58 bits per heavy atom. The number of aliphatic hydroxyl groups is 3. The molecule has 4 rings (SSSR count). The van der Waals surface area contributed by atoms with Crippen molar-refractivity contribution < 1.29 is 34.4 Å². The van der Waals surface area contributed by atoms with Crippen molar-refractivity contribution >= 4 is 11.8 Å². The van der Waals surface area contributed by atoms with E-state index in [2.05, 4.69) is 11.9 Å². The third-order valence-electron chi connectivity index (χ3n) is 7.88. The van der Waals surface area contributed by atoms with Gasteiger partial charge in [0.1, 0.15) is 12.2 Å². The Kier molecular flexibility index (Phi) is 9.46. The Hall–Kier alpha value is -2.88. The lowest BCUT2D eigenvalue weighted by atomic mass is 9.76. The highest BCUT2D eigenvalue weighted by atomic mass is 16.5. The van der Waals surface area contributed by atoms with E-state index in [4.69, 9.17) is 9.47 Å². The molecule has 3 aliphatic rings. The van der Waals surface area contributed by atoms with Crippen LogP contribution in [0.1, 0.15) is 68.4 Å². The van der Waals surface area contributed by atoms with Crippen molar-refractivity contribution in [2.24, 2.45) is 0 Å². The largest absolute Gasteiger partial charge is 0.493 e. The highest BCUT2D eigenvalue weighted by Crippen LogP contribution is 2.51. The molecule has 9 heteroatoms. The molecule has 1 saturated carbocycles. The summed E-state index contributed by atoms with van der Waals surface area (Å²) in [4.78, 5) is 28.8. The number of rotatable bonds is 10. The van der Waals surface area contributed by atoms with Crippen LogP contribution in [0.4, 0.5) is 0 Å². The SMILES string of the molecule is C=CCCC(=O)N(C1CCCCCC1)C1C=C(C(=O)NCCO)C2c3cc(CO)cc(OC)c3OC2C1O. The molecule has 4 atom stereocenters. The van der Waals surface area contributed by atoms with Crippen LogP contribution in [0.3, 0.4) is 0 Å². The molecule has 4 N–H and O–H groups in total. The molecule has 0 aromatic heterocycles. The fourth-order valence-electron chi connectivity index (χ4n) is 6.09. The summed E-state index contributed by atoms with van der Waals surface area (Å²) in [6.45, 7) is 3.37. The lowest BCUT2D eigenvalue weighted by Gasteiger charge is -2.44. The molecule has 0 spiro atoms. The Morgan fingerprint density at radius 1 is 1.21 bits per heavy atom. The highest BCUT2D eigenvalue weighted by molar-refractivity contribution is 5.96. The predicted octanol–water partition coefficient (Wildman–Crippen LogP) is 2.33. The fraction of sp³-hybridized carbons (Fsp3) is 0.586. The van der Waals surface area contributed by atoms with E-state index in [1.807, 2.05) is 0 Å². The van der Waals surface area contributed by atoms with Gasteiger partial charge in [-0.2, -0.15) is 0 Å². The number of carbonyl (C=O) groups excluding carboxylic acids is 2. The Balaban J connectivity index is 1.81. The molecule has 0 saturated heterocycles. The van der Waals surface area contributed by atoms with Gasteiger partial charge in [0.25, 0.3) is 0 Å². The van der Waals surface area contributed by atoms with E-state index in [0.29, 0.717) is 34.6 Å². The monoisotopic (exact) mass is 528 g/mol. The minimum atomic E-state index is -1.10. The van der Waals surface area contributed by atoms with Gasteiger partial charge in [0.15, 0.2) is 11.5 Å². The Bertz CT molecular complexity index is 1050. The molecule has 0 radical (unpaired) electrons. The average molecular weight is 529 g/mol. The number of methoxy groups -OCH3 is 1. The van der Waals surface area contributed by atoms with Crippen LogP contribution >= 0.6 is 0 Å². The highest BCUT2D eigenvalue weighted by Gasteiger charge is 2.52. The number of nitrogens with zero attached hydrogens (tertiary/aromatic N) is 1. The zero-order chi connectivity index (χ0) is 27.2. The first-order valence-electron chi connectivity index (χ1n) is 13.6. The Morgan fingerprint density at radius 2 is 1.95 bits per heavy atom. The first-order valence-corrected chi connectivity index (χ1v) is 13.6. The quantitative estimate of drug-likeness (QED) is 0.271. The summed E-state index contributed by atoms with van der Waals surface area (Å²) in [6.07, 6.45) is 8.18. The molecule has 4 unspecified atom stereocenters. The van der Waals surface area contributed by atoms with E-state index in [0.717, 1.165) is 38.5 Å². The third-order valence-corrected chi connectivity index (χ3v) is 7.88. The van der Waals surface area contributed by atoms with Gasteiger partial charge in [0.05, 0.1) is 32.3 Å². The molecule has 1 fully saturated rings. The van der Waals surface area contributed by atoms with E-state index in [9.17, 15) is 24.9 Å². The van der Waals surface area contributed by atoms with Crippen LogP contribution < -0.4 is 14.8 Å². The minimum absolute atomic E-state index is 0.0525. The van der Waals surface area contributed by atoms with E-state index >= 15 is 0 Å². The lowest BCUT2D eigenvalue weighted by molar-refractivity contribution is -0.140. The van der Waals surface area contributed by atoms with Crippen molar-refractivity contribution in [3.63, 3.8) is 0 Å². The number of fused-ring (bicyclic) bond motifs is 3. The van der Waals surface area contributed by atoms with E-state index in [1.54, 1.807) is 29.2 Å². The third kappa shape index (κ3) is 5.60. The maximum absolute atomic E-state index is 13.6. The maximum atomic E-state index is 13.6. The van der Waals surface area contributed by atoms with Crippen LogP contribution in [0.2, 0.25) is 0 Å². The maximum Gasteiger partial charge on any atom is 0.247 e. The summed E-state index contributed by atoms with van der Waals surface area (Å²) in [5.41, 5.74) is 1.60. The standard InChI is InChI=1S/C29H40N2O7/c1-3-4-11-24(34)31(19-9-7-5-6-8-10-19)22-16-21(29(36)30-12-13-32)25-20-14-18(17-33)15-23(37-2)27(20)38-28(25)26(22)35/h3,14-16,19,22,25-26,28,32-33,35H,1,4-13,17H2,2H3,(H,30,36). The van der Waals surface area contributed by atoms with Crippen LogP contribution in [-0.2, 0) is 16.2 Å². The predicted molar refractivity (Wildman–Crippen MR) is 142 cm³/mol. The van der Waals surface area contributed by atoms with Crippen molar-refractivity contribution in [2.45, 2.75) is 88.2 Å². The van der Waals surface area contributed by atoms with Gasteiger partial charge in [0, 0.05) is 30.1 Å². The molecule has 1 heterocycles. The zero-order valence-corrected chi connectivity index (χ0v) is 22.1. The van der Waals surface area contributed by atoms with Crippen LogP contribution in [0, 0.1) is 0 Å². The molecule has 0 bridgehead atoms. The van der Waals surface area contributed by atoms with Crippen LogP contribution in [0.15, 0.2) is 36.4 Å². The van der Waals surface area contributed by atoms with Crippen LogP contribution in [-0.4, -0.2) is 76.6 Å². The summed E-state index contributed by atoms with van der Waals surface area (Å²) >= 11 is 0. The number of allylic oxidation sites excluding steroid dienone is 1. The number of amides is 2. The van der Waals surface area contributed by atoms with Gasteiger partial charge in [-0.05, 0) is 43.0 Å². The van der Waals surface area contributed by atoms with E-state index < -0.39 is 30.1 Å². The molecule has 208 valence electrons. The smallest absolute Gasteiger partial charge is 0.247 e. The molecule has 2 aliphatic carbocycles. The van der Waals surface area contributed by atoms with Gasteiger partial charge in [0.2, 0.25) is 11.8 Å². The number of aliphatic hydroxyl groups excluding tert-OH is 3. The van der Waals surface area contributed by atoms with Gasteiger partial charge < -0.3 is 35.0 Å². The van der Waals surface area contributed by atoms with Crippen LogP contribution in [0.25, 0.3) is 0 Å². The van der Waals surface area contributed by atoms with Gasteiger partial charge in [-0.25, -0.2) is 0 Å². The summed E-state index contributed by atoms with van der Waals surface area (Å²) in [5.74, 6) is -0.284. The van der Waals surface area contributed by atoms with Gasteiger partial charge in [-0.15, -0.1) is 6.58 Å². The first kappa shape index (κ1) is 28.1. The first-order chi connectivity index (χ1) is 18.4. The Labute approximate surface area is 224 Å². The zero-order valence-electron chi connectivity index (χ0n) is 22.1. The van der Waals surface area contributed by atoms with Crippen molar-refractivity contribution in [3.05, 3.63) is 47.6 Å². The number of carbonyl (C=O) groups is 2. The summed E-state index contributed by atoms with van der Waals surface area (Å²) in [6, 6.07) is 2.62. The van der Waals surface area contributed by atoms with Crippen molar-refractivity contribution in [1.29, 1.82) is 0 Å². The molecule has 38 heavy (non-hydrogen) atoms. The number of hydrogen-bond acceptors (Lipinski definition) is 7. The van der Waals surface area contributed by atoms with Gasteiger partial charge in [-0.3, -0.25) is 9.59 Å². The van der Waals surface area contributed by atoms with Gasteiger partial charge in [-0.1, -0.05) is 31.8 Å². The molecule has 1 aliphatic heterocycles. The summed E-state index contributed by atoms with van der Waals surface area (Å²) in [5, 5.41) is 33.7. The van der Waals surface area contributed by atoms with E-state index in [1.165, 1.54) is 7.11 Å². The van der Waals surface area contributed by atoms with Crippen LogP contribution in [0.5, 0.6) is 11.5 Å². The van der Waals surface area contributed by atoms with Crippen molar-refractivity contribution in [3.8, 4) is 11.5 Å². The second kappa shape index (κ2) is 12.8. The molecule has 1 aromatic rings. The number of hydrogen-bond donors (Lipinski definition) is 4. The summed E-state index contributed by atoms with van der Waals surface area (Å²) < 4.78 is 11.8. The topological polar surface area (TPSA) is 129 Å². The second-order valence-electron chi connectivity index (χ2n) is 10.3. The van der Waals surface area contributed by atoms with E-state index in [-0.39, 0.29) is 38.1 Å².